The summed E-state index contributed by atoms with van der Waals surface area (Å²) in [4.78, 5) is 61.3. The zero-order chi connectivity index (χ0) is 57.6. The number of rotatable bonds is 14. The molecule has 0 bridgehead atoms. The third-order valence-electron chi connectivity index (χ3n) is 18.2. The second-order valence-corrected chi connectivity index (χ2v) is 24.8. The van der Waals surface area contributed by atoms with Gasteiger partial charge in [0.25, 0.3) is 0 Å². The van der Waals surface area contributed by atoms with Crippen LogP contribution >= 0.6 is 0 Å². The number of aliphatic hydroxyl groups is 1. The number of esters is 1. The standard InChI is InChI=1S/C58H90FN5O15/c1-15-45-58(10)51(78-55(69)79-58)36(6)61(13)30-32(2)28-56(8,70)50(77-46-25-39(60(11)12)24-33(3)73-46)34(4)49(35(5)54(68)75-45)76-47-29-57(9,71-14)52(37(7)74-47)72-23-22-62-18-20-63(21-19-62)44-27-43-40(26-42(44)59)48(65)41(53(66)67)31-64(43)38-16-17-38/h26-27,31-39,45-47,49-52,70H,15-25,28-30H2,1-14H3,(H,66,67)/t32-,33?,34+,35?,36?,37?,39?,45-,46?,47+,49+,50-,51+,52+,56-,57-,58-/m1/s1. The highest BCUT2D eigenvalue weighted by Crippen LogP contribution is 2.43. The molecule has 1 aromatic carbocycles. The Balaban J connectivity index is 0.991. The molecule has 17 atom stereocenters. The summed E-state index contributed by atoms with van der Waals surface area (Å²) in [6.45, 7) is 22.7. The topological polar surface area (TPSA) is 210 Å². The van der Waals surface area contributed by atoms with E-state index >= 15 is 4.39 Å². The molecule has 8 rings (SSSR count). The summed E-state index contributed by atoms with van der Waals surface area (Å²) in [6, 6.07) is 2.75. The van der Waals surface area contributed by atoms with Gasteiger partial charge in [-0.25, -0.2) is 14.0 Å². The van der Waals surface area contributed by atoms with Crippen molar-refractivity contribution in [3.05, 3.63) is 39.9 Å². The van der Waals surface area contributed by atoms with E-state index in [2.05, 4.69) is 21.6 Å². The second kappa shape index (κ2) is 24.4. The summed E-state index contributed by atoms with van der Waals surface area (Å²) in [5.74, 6) is -4.22. The lowest BCUT2D eigenvalue weighted by Gasteiger charge is -2.49. The molecule has 5 aliphatic heterocycles. The summed E-state index contributed by atoms with van der Waals surface area (Å²) in [5, 5.41) is 22.7. The molecule has 5 saturated heterocycles. The first-order valence-corrected chi connectivity index (χ1v) is 28.7. The number of hydrogen-bond donors (Lipinski definition) is 2. The number of benzene rings is 1. The number of pyridine rings is 1. The van der Waals surface area contributed by atoms with E-state index in [1.807, 2.05) is 72.2 Å². The van der Waals surface area contributed by atoms with Crippen molar-refractivity contribution in [1.29, 1.82) is 0 Å². The molecule has 6 heterocycles. The van der Waals surface area contributed by atoms with Crippen LogP contribution in [0.2, 0.25) is 0 Å². The molecular weight excluding hydrogens is 1030 g/mol. The fourth-order valence-corrected chi connectivity index (χ4v) is 13.5. The number of carboxylic acids is 1. The number of carbonyl (C=O) groups is 3. The molecule has 1 aromatic heterocycles. The van der Waals surface area contributed by atoms with Gasteiger partial charge in [-0.05, 0) is 120 Å². The van der Waals surface area contributed by atoms with Gasteiger partial charge in [0.05, 0.1) is 59.3 Å². The zero-order valence-corrected chi connectivity index (χ0v) is 49.1. The fraction of sp³-hybridized carbons (Fsp3) is 0.793. The summed E-state index contributed by atoms with van der Waals surface area (Å²) < 4.78 is 76.1. The Morgan fingerprint density at radius 3 is 2.24 bits per heavy atom. The van der Waals surface area contributed by atoms with Crippen LogP contribution in [0.4, 0.5) is 14.9 Å². The van der Waals surface area contributed by atoms with E-state index in [9.17, 15) is 29.4 Å². The molecule has 20 nitrogen and oxygen atoms in total. The monoisotopic (exact) mass is 1120 g/mol. The van der Waals surface area contributed by atoms with Crippen molar-refractivity contribution in [2.75, 3.05) is 79.0 Å². The normalized spacial score (nSPS) is 38.7. The lowest BCUT2D eigenvalue weighted by molar-refractivity contribution is -0.313. The van der Waals surface area contributed by atoms with Gasteiger partial charge in [-0.15, -0.1) is 0 Å². The third kappa shape index (κ3) is 13.1. The molecule has 6 unspecified atom stereocenters. The van der Waals surface area contributed by atoms with E-state index in [0.717, 1.165) is 19.3 Å². The van der Waals surface area contributed by atoms with Crippen molar-refractivity contribution in [2.24, 2.45) is 17.8 Å². The highest BCUT2D eigenvalue weighted by molar-refractivity contribution is 5.93. The highest BCUT2D eigenvalue weighted by atomic mass is 19.1. The average molecular weight is 1120 g/mol. The van der Waals surface area contributed by atoms with Crippen LogP contribution < -0.4 is 10.3 Å². The molecule has 6 fully saturated rings. The van der Waals surface area contributed by atoms with Crippen LogP contribution in [0.5, 0.6) is 0 Å². The van der Waals surface area contributed by atoms with E-state index in [0.29, 0.717) is 76.3 Å². The van der Waals surface area contributed by atoms with Gasteiger partial charge in [-0.1, -0.05) is 20.8 Å². The van der Waals surface area contributed by atoms with Crippen molar-refractivity contribution in [2.45, 2.75) is 204 Å². The van der Waals surface area contributed by atoms with Crippen LogP contribution in [-0.2, 0) is 47.4 Å². The van der Waals surface area contributed by atoms with Crippen LogP contribution in [0.15, 0.2) is 23.1 Å². The minimum absolute atomic E-state index is 0.0646. The van der Waals surface area contributed by atoms with Gasteiger partial charge < -0.3 is 67.2 Å². The zero-order valence-electron chi connectivity index (χ0n) is 49.1. The summed E-state index contributed by atoms with van der Waals surface area (Å²) in [7, 11) is 7.65. The van der Waals surface area contributed by atoms with Gasteiger partial charge in [-0.2, -0.15) is 0 Å². The number of ether oxygens (including phenoxy) is 9. The maximum absolute atomic E-state index is 15.8. The van der Waals surface area contributed by atoms with Crippen LogP contribution in [0, 0.1) is 23.6 Å². The largest absolute Gasteiger partial charge is 0.509 e. The maximum Gasteiger partial charge on any atom is 0.509 e. The molecule has 1 saturated carbocycles. The minimum atomic E-state index is -1.48. The van der Waals surface area contributed by atoms with Gasteiger partial charge >= 0.3 is 18.1 Å². The number of fused-ring (bicyclic) bond motifs is 2. The molecule has 6 aliphatic rings. The first-order valence-electron chi connectivity index (χ1n) is 28.7. The van der Waals surface area contributed by atoms with Crippen molar-refractivity contribution >= 4 is 34.7 Å². The fourth-order valence-electron chi connectivity index (χ4n) is 13.5. The number of carboxylic acid groups (broad SMARTS) is 1. The Morgan fingerprint density at radius 2 is 1.61 bits per heavy atom. The molecule has 0 spiro atoms. The van der Waals surface area contributed by atoms with Crippen molar-refractivity contribution < 1.29 is 71.6 Å². The van der Waals surface area contributed by atoms with Crippen LogP contribution in [0.25, 0.3) is 10.9 Å². The van der Waals surface area contributed by atoms with Crippen LogP contribution in [0.1, 0.15) is 131 Å². The number of aromatic carboxylic acids is 1. The van der Waals surface area contributed by atoms with Crippen molar-refractivity contribution in [3.8, 4) is 0 Å². The van der Waals surface area contributed by atoms with Gasteiger partial charge in [-0.3, -0.25) is 19.4 Å². The number of aromatic nitrogens is 1. The van der Waals surface area contributed by atoms with Crippen molar-refractivity contribution in [1.82, 2.24) is 19.3 Å². The van der Waals surface area contributed by atoms with E-state index in [1.165, 1.54) is 12.3 Å². The number of carbonyl (C=O) groups excluding carboxylic acids is 2. The molecule has 21 heteroatoms. The van der Waals surface area contributed by atoms with E-state index < -0.39 is 107 Å². The smallest absolute Gasteiger partial charge is 0.477 e. The number of cyclic esters (lactones) is 1. The minimum Gasteiger partial charge on any atom is -0.477 e. The number of likely N-dealkylation sites (N-methyl/N-ethyl adjacent to an activating group) is 1. The van der Waals surface area contributed by atoms with Gasteiger partial charge in [0.2, 0.25) is 5.43 Å². The molecule has 444 valence electrons. The van der Waals surface area contributed by atoms with Crippen LogP contribution in [0.3, 0.4) is 0 Å². The SMILES string of the molecule is CC[C@H]1OC(=O)C(C)[C@@H](O[C@H]2C[C@@](C)(OC)[C@@H](OCCN3CCN(c4cc5c(cc4F)c(=O)c(C(=O)O)cn5C4CC4)CC3)C(C)O2)[C@H](C)[C@@H](OC2CC(N(C)C)CC(C)O2)[C@](C)(O)C[C@@H](C)CN(C)C(C)[C@@H]2OC(=O)O[C@]12C. The number of anilines is 1. The Labute approximate surface area is 465 Å². The van der Waals surface area contributed by atoms with Crippen molar-refractivity contribution in [3.63, 3.8) is 0 Å². The predicted octanol–water partition coefficient (Wildman–Crippen LogP) is 6.45. The van der Waals surface area contributed by atoms with E-state index in [1.54, 1.807) is 33.9 Å². The number of piperazine rings is 1. The van der Waals surface area contributed by atoms with Gasteiger partial charge in [0, 0.05) is 94.8 Å². The van der Waals surface area contributed by atoms with E-state index in [-0.39, 0.29) is 47.5 Å². The quantitative estimate of drug-likeness (QED) is 0.195. The third-order valence-corrected chi connectivity index (χ3v) is 18.2. The molecule has 0 radical (unpaired) electrons. The Bertz CT molecular complexity index is 2540. The summed E-state index contributed by atoms with van der Waals surface area (Å²) >= 11 is 0. The maximum atomic E-state index is 15.8. The number of nitrogens with zero attached hydrogens (tertiary/aromatic N) is 5. The second-order valence-electron chi connectivity index (χ2n) is 24.8. The van der Waals surface area contributed by atoms with Gasteiger partial charge in [0.15, 0.2) is 24.3 Å². The molecule has 2 aromatic rings. The molecular formula is C58H90FN5O15. The number of halogens is 1. The van der Waals surface area contributed by atoms with E-state index in [4.69, 9.17) is 42.6 Å². The van der Waals surface area contributed by atoms with Gasteiger partial charge in [0.1, 0.15) is 23.6 Å². The summed E-state index contributed by atoms with van der Waals surface area (Å²) in [6.07, 6.45) is -1.82. The first kappa shape index (κ1) is 61.1. The Hall–Kier alpha value is -4.03. The number of methoxy groups -OCH3 is 1. The summed E-state index contributed by atoms with van der Waals surface area (Å²) in [5.41, 5.74) is -3.87. The molecule has 2 N–H and O–H groups in total. The molecule has 79 heavy (non-hydrogen) atoms. The number of hydrogen-bond acceptors (Lipinski definition) is 18. The molecule has 0 amide bonds. The first-order chi connectivity index (χ1) is 37.2. The Morgan fingerprint density at radius 1 is 0.911 bits per heavy atom. The lowest BCUT2D eigenvalue weighted by atomic mass is 9.77. The lowest BCUT2D eigenvalue weighted by Crippen LogP contribution is -2.60. The van der Waals surface area contributed by atoms with Crippen LogP contribution in [-0.4, -0.2) is 206 Å². The predicted molar refractivity (Wildman–Crippen MR) is 292 cm³/mol. The Kier molecular flexibility index (Phi) is 18.9. The average Bonchev–Trinajstić information content (AvgIpc) is 4.25. The highest BCUT2D eigenvalue weighted by Gasteiger charge is 2.58. The molecule has 1 aliphatic carbocycles.